The molecule has 0 spiro atoms. The summed E-state index contributed by atoms with van der Waals surface area (Å²) in [5.41, 5.74) is 0. The van der Waals surface area contributed by atoms with Crippen LogP contribution in [0.15, 0.2) is 12.7 Å². The fourth-order valence-electron chi connectivity index (χ4n) is 2.31. The van der Waals surface area contributed by atoms with Gasteiger partial charge in [-0.25, -0.2) is 0 Å². The fourth-order valence-corrected chi connectivity index (χ4v) is 2.31. The smallest absolute Gasteiger partial charge is 0.305 e. The van der Waals surface area contributed by atoms with E-state index in [2.05, 4.69) is 6.58 Å². The zero-order valence-corrected chi connectivity index (χ0v) is 13.2. The highest BCUT2D eigenvalue weighted by Gasteiger charge is 2.12. The van der Waals surface area contributed by atoms with Crippen LogP contribution in [0.3, 0.4) is 0 Å². The van der Waals surface area contributed by atoms with E-state index in [-0.39, 0.29) is 11.9 Å². The molecule has 0 aliphatic carbocycles. The Kier molecular flexibility index (Phi) is 12.2. The monoisotopic (exact) mass is 282 g/mol. The van der Waals surface area contributed by atoms with E-state index in [1.165, 1.54) is 0 Å². The quantitative estimate of drug-likeness (QED) is 0.285. The van der Waals surface area contributed by atoms with Gasteiger partial charge in [0.1, 0.15) is 5.78 Å². The first-order chi connectivity index (χ1) is 9.61. The second-order valence-electron chi connectivity index (χ2n) is 5.29. The van der Waals surface area contributed by atoms with E-state index in [1.807, 2.05) is 13.0 Å². The lowest BCUT2D eigenvalue weighted by Gasteiger charge is -2.12. The number of Topliss-reactive ketones (excluding diaryl/α,β-unsaturated/α-hetero) is 1. The van der Waals surface area contributed by atoms with Crippen LogP contribution in [-0.2, 0) is 14.3 Å². The van der Waals surface area contributed by atoms with Gasteiger partial charge >= 0.3 is 5.97 Å². The third-order valence-corrected chi connectivity index (χ3v) is 3.52. The van der Waals surface area contributed by atoms with Crippen molar-refractivity contribution in [3.63, 3.8) is 0 Å². The predicted molar refractivity (Wildman–Crippen MR) is 82.6 cm³/mol. The van der Waals surface area contributed by atoms with Gasteiger partial charge in [0.2, 0.25) is 0 Å². The van der Waals surface area contributed by atoms with E-state index in [0.29, 0.717) is 18.8 Å². The number of carbonyl (C=O) groups excluding carboxylic acids is 2. The Bertz CT molecular complexity index is 284. The number of esters is 1. The largest absolute Gasteiger partial charge is 0.466 e. The Morgan fingerprint density at radius 3 is 2.35 bits per heavy atom. The maximum atomic E-state index is 11.5. The van der Waals surface area contributed by atoms with Crippen LogP contribution >= 0.6 is 0 Å². The molecule has 0 aliphatic heterocycles. The highest BCUT2D eigenvalue weighted by molar-refractivity contribution is 5.78. The molecule has 0 saturated heterocycles. The summed E-state index contributed by atoms with van der Waals surface area (Å²) < 4.78 is 4.88. The van der Waals surface area contributed by atoms with Gasteiger partial charge in [-0.1, -0.05) is 25.3 Å². The van der Waals surface area contributed by atoms with Crippen LogP contribution in [0.5, 0.6) is 0 Å². The highest BCUT2D eigenvalue weighted by atomic mass is 16.5. The summed E-state index contributed by atoms with van der Waals surface area (Å²) in [7, 11) is 0. The molecule has 0 saturated carbocycles. The third kappa shape index (κ3) is 10.8. The zero-order valence-electron chi connectivity index (χ0n) is 13.2. The SMILES string of the molecule is C=CCCC[C@H](CCCCCCC(=O)OCC)C(C)=O. The van der Waals surface area contributed by atoms with Crippen molar-refractivity contribution in [1.82, 2.24) is 0 Å². The summed E-state index contributed by atoms with van der Waals surface area (Å²) >= 11 is 0. The van der Waals surface area contributed by atoms with Crippen molar-refractivity contribution in [1.29, 1.82) is 0 Å². The van der Waals surface area contributed by atoms with Gasteiger partial charge < -0.3 is 4.74 Å². The molecule has 0 amide bonds. The molecule has 0 aromatic rings. The van der Waals surface area contributed by atoms with Gasteiger partial charge in [-0.05, 0) is 46.0 Å². The van der Waals surface area contributed by atoms with Gasteiger partial charge in [-0.15, -0.1) is 6.58 Å². The lowest BCUT2D eigenvalue weighted by Crippen LogP contribution is -2.10. The molecule has 0 aliphatic rings. The van der Waals surface area contributed by atoms with Gasteiger partial charge in [0.15, 0.2) is 0 Å². The number of hydrogen-bond acceptors (Lipinski definition) is 3. The number of hydrogen-bond donors (Lipinski definition) is 0. The molecular weight excluding hydrogens is 252 g/mol. The van der Waals surface area contributed by atoms with E-state index in [4.69, 9.17) is 4.74 Å². The summed E-state index contributed by atoms with van der Waals surface area (Å²) in [6.45, 7) is 7.68. The lowest BCUT2D eigenvalue weighted by molar-refractivity contribution is -0.143. The summed E-state index contributed by atoms with van der Waals surface area (Å²) in [6, 6.07) is 0. The van der Waals surface area contributed by atoms with Gasteiger partial charge in [0, 0.05) is 12.3 Å². The minimum atomic E-state index is -0.0986. The van der Waals surface area contributed by atoms with Gasteiger partial charge in [0.05, 0.1) is 6.61 Å². The molecule has 0 radical (unpaired) electrons. The molecule has 3 nitrogen and oxygen atoms in total. The molecule has 0 aromatic carbocycles. The molecule has 3 heteroatoms. The molecule has 0 rings (SSSR count). The molecule has 0 bridgehead atoms. The number of rotatable bonds is 13. The van der Waals surface area contributed by atoms with Crippen molar-refractivity contribution in [3.8, 4) is 0 Å². The average molecular weight is 282 g/mol. The first-order valence-electron chi connectivity index (χ1n) is 7.88. The molecular formula is C17H30O3. The Labute approximate surface area is 123 Å². The Morgan fingerprint density at radius 1 is 1.10 bits per heavy atom. The molecule has 0 heterocycles. The second-order valence-corrected chi connectivity index (χ2v) is 5.29. The van der Waals surface area contributed by atoms with Crippen LogP contribution in [0.1, 0.15) is 71.6 Å². The zero-order chi connectivity index (χ0) is 15.2. The Hall–Kier alpha value is -1.12. The summed E-state index contributed by atoms with van der Waals surface area (Å²) in [5, 5.41) is 0. The van der Waals surface area contributed by atoms with Crippen molar-refractivity contribution >= 4 is 11.8 Å². The first kappa shape index (κ1) is 18.9. The maximum absolute atomic E-state index is 11.5. The van der Waals surface area contributed by atoms with Crippen molar-refractivity contribution in [3.05, 3.63) is 12.7 Å². The van der Waals surface area contributed by atoms with Crippen molar-refractivity contribution < 1.29 is 14.3 Å². The van der Waals surface area contributed by atoms with Crippen molar-refractivity contribution in [2.24, 2.45) is 5.92 Å². The van der Waals surface area contributed by atoms with Crippen molar-refractivity contribution in [2.75, 3.05) is 6.61 Å². The van der Waals surface area contributed by atoms with Crippen LogP contribution in [0.4, 0.5) is 0 Å². The summed E-state index contributed by atoms with van der Waals surface area (Å²) in [6.07, 6.45) is 10.5. The average Bonchev–Trinajstić information content (AvgIpc) is 2.40. The third-order valence-electron chi connectivity index (χ3n) is 3.52. The number of carbonyl (C=O) groups is 2. The number of ether oxygens (including phenoxy) is 1. The lowest BCUT2D eigenvalue weighted by atomic mass is 9.92. The molecule has 116 valence electrons. The molecule has 0 fully saturated rings. The van der Waals surface area contributed by atoms with E-state index in [9.17, 15) is 9.59 Å². The van der Waals surface area contributed by atoms with Gasteiger partial charge in [-0.3, -0.25) is 9.59 Å². The minimum absolute atomic E-state index is 0.0986. The summed E-state index contributed by atoms with van der Waals surface area (Å²) in [5.74, 6) is 0.416. The molecule has 1 atom stereocenters. The van der Waals surface area contributed by atoms with Gasteiger partial charge in [0.25, 0.3) is 0 Å². The molecule has 20 heavy (non-hydrogen) atoms. The molecule has 0 N–H and O–H groups in total. The minimum Gasteiger partial charge on any atom is -0.466 e. The fraction of sp³-hybridized carbons (Fsp3) is 0.765. The standard InChI is InChI=1S/C17H30O3/c1-4-6-9-12-16(15(3)18)13-10-7-8-11-14-17(19)20-5-2/h4,16H,1,5-14H2,2-3H3/t16-/m1/s1. The molecule has 0 unspecified atom stereocenters. The first-order valence-corrected chi connectivity index (χ1v) is 7.88. The van der Waals surface area contributed by atoms with Crippen LogP contribution in [0.25, 0.3) is 0 Å². The van der Waals surface area contributed by atoms with E-state index in [0.717, 1.165) is 51.4 Å². The van der Waals surface area contributed by atoms with E-state index < -0.39 is 0 Å². The highest BCUT2D eigenvalue weighted by Crippen LogP contribution is 2.18. The maximum Gasteiger partial charge on any atom is 0.305 e. The number of unbranched alkanes of at least 4 members (excludes halogenated alkanes) is 4. The molecule has 0 aromatic heterocycles. The normalized spacial score (nSPS) is 11.9. The van der Waals surface area contributed by atoms with Crippen LogP contribution in [-0.4, -0.2) is 18.4 Å². The van der Waals surface area contributed by atoms with E-state index in [1.54, 1.807) is 6.92 Å². The van der Waals surface area contributed by atoms with Gasteiger partial charge in [-0.2, -0.15) is 0 Å². The Morgan fingerprint density at radius 2 is 1.75 bits per heavy atom. The topological polar surface area (TPSA) is 43.4 Å². The Balaban J connectivity index is 3.60. The van der Waals surface area contributed by atoms with Crippen molar-refractivity contribution in [2.45, 2.75) is 71.6 Å². The number of allylic oxidation sites excluding steroid dienone is 1. The van der Waals surface area contributed by atoms with Crippen LogP contribution in [0, 0.1) is 5.92 Å². The second kappa shape index (κ2) is 12.9. The predicted octanol–water partition coefficient (Wildman–Crippen LogP) is 4.45. The van der Waals surface area contributed by atoms with Crippen LogP contribution < -0.4 is 0 Å². The van der Waals surface area contributed by atoms with E-state index >= 15 is 0 Å². The summed E-state index contributed by atoms with van der Waals surface area (Å²) in [4.78, 5) is 22.7. The number of ketones is 1. The van der Waals surface area contributed by atoms with Crippen LogP contribution in [0.2, 0.25) is 0 Å².